The van der Waals surface area contributed by atoms with Crippen molar-refractivity contribution in [2.75, 3.05) is 38.8 Å². The number of carbonyl (C=O) groups is 1. The van der Waals surface area contributed by atoms with E-state index in [-0.39, 0.29) is 11.9 Å². The van der Waals surface area contributed by atoms with Crippen LogP contribution in [0.4, 0.5) is 5.69 Å². The van der Waals surface area contributed by atoms with Gasteiger partial charge in [-0.2, -0.15) is 0 Å². The highest BCUT2D eigenvalue weighted by molar-refractivity contribution is 5.97. The van der Waals surface area contributed by atoms with Gasteiger partial charge in [0.05, 0.1) is 32.5 Å². The second-order valence-corrected chi connectivity index (χ2v) is 8.41. The maximum Gasteiger partial charge on any atom is 0.241 e. The molecule has 0 N–H and O–H groups in total. The van der Waals surface area contributed by atoms with Crippen LogP contribution in [-0.2, 0) is 17.8 Å². The number of benzene rings is 3. The summed E-state index contributed by atoms with van der Waals surface area (Å²) in [5.74, 6) is 2.29. The van der Waals surface area contributed by atoms with Gasteiger partial charge in [-0.25, -0.2) is 0 Å². The van der Waals surface area contributed by atoms with Crippen LogP contribution in [0.25, 0.3) is 0 Å². The highest BCUT2D eigenvalue weighted by Crippen LogP contribution is 2.39. The van der Waals surface area contributed by atoms with Crippen molar-refractivity contribution in [2.45, 2.75) is 19.0 Å². The van der Waals surface area contributed by atoms with Crippen molar-refractivity contribution in [1.29, 1.82) is 0 Å². The number of hydrogen-bond acceptors (Lipinski definition) is 5. The maximum atomic E-state index is 13.7. The summed E-state index contributed by atoms with van der Waals surface area (Å²) in [4.78, 5) is 17.9. The summed E-state index contributed by atoms with van der Waals surface area (Å²) < 4.78 is 17.0. The fourth-order valence-corrected chi connectivity index (χ4v) is 4.76. The van der Waals surface area contributed by atoms with Crippen LogP contribution < -0.4 is 19.1 Å². The average molecular weight is 445 g/mol. The average Bonchev–Trinajstić information content (AvgIpc) is 2.87. The molecule has 0 spiro atoms. The summed E-state index contributed by atoms with van der Waals surface area (Å²) in [5.41, 5.74) is 4.32. The lowest BCUT2D eigenvalue weighted by Gasteiger charge is -2.39. The molecule has 0 saturated heterocycles. The molecule has 0 aliphatic carbocycles. The summed E-state index contributed by atoms with van der Waals surface area (Å²) in [6, 6.07) is 21.8. The normalized spacial score (nSPS) is 17.5. The minimum absolute atomic E-state index is 0.0727. The molecular formula is C27H28N2O4. The number of amides is 1. The zero-order valence-electron chi connectivity index (χ0n) is 19.0. The first-order valence-corrected chi connectivity index (χ1v) is 11.2. The molecule has 1 atom stereocenters. The van der Waals surface area contributed by atoms with Crippen LogP contribution in [0.5, 0.6) is 17.2 Å². The fraction of sp³-hybridized carbons (Fsp3) is 0.296. The monoisotopic (exact) mass is 444 g/mol. The predicted octanol–water partition coefficient (Wildman–Crippen LogP) is 4.23. The Morgan fingerprint density at radius 3 is 2.42 bits per heavy atom. The van der Waals surface area contributed by atoms with Crippen LogP contribution in [0, 0.1) is 0 Å². The van der Waals surface area contributed by atoms with Gasteiger partial charge in [0, 0.05) is 13.1 Å². The van der Waals surface area contributed by atoms with Crippen LogP contribution in [0.2, 0.25) is 0 Å². The Kier molecular flexibility index (Phi) is 5.92. The number of anilines is 1. The molecule has 170 valence electrons. The third-order valence-corrected chi connectivity index (χ3v) is 6.44. The SMILES string of the molecule is COc1cc2c(cc1OC)CN(CC(=O)N1c3ccccc3OC[C@@H]1c1ccccc1)CC2. The van der Waals surface area contributed by atoms with Gasteiger partial charge in [0.15, 0.2) is 11.5 Å². The van der Waals surface area contributed by atoms with E-state index in [1.54, 1.807) is 14.2 Å². The van der Waals surface area contributed by atoms with Gasteiger partial charge in [0.1, 0.15) is 12.4 Å². The molecule has 6 nitrogen and oxygen atoms in total. The maximum absolute atomic E-state index is 13.7. The lowest BCUT2D eigenvalue weighted by Crippen LogP contribution is -2.47. The Morgan fingerprint density at radius 2 is 1.67 bits per heavy atom. The summed E-state index contributed by atoms with van der Waals surface area (Å²) in [6.45, 7) is 2.29. The van der Waals surface area contributed by atoms with Gasteiger partial charge in [0.25, 0.3) is 0 Å². The van der Waals surface area contributed by atoms with Gasteiger partial charge in [0.2, 0.25) is 5.91 Å². The van der Waals surface area contributed by atoms with Gasteiger partial charge in [-0.3, -0.25) is 14.6 Å². The molecule has 6 heteroatoms. The molecule has 3 aromatic carbocycles. The van der Waals surface area contributed by atoms with E-state index in [4.69, 9.17) is 14.2 Å². The number of para-hydroxylation sites is 2. The van der Waals surface area contributed by atoms with E-state index in [0.717, 1.165) is 41.5 Å². The quantitative estimate of drug-likeness (QED) is 0.590. The highest BCUT2D eigenvalue weighted by atomic mass is 16.5. The molecule has 3 aromatic rings. The summed E-state index contributed by atoms with van der Waals surface area (Å²) in [7, 11) is 3.30. The molecule has 2 heterocycles. The minimum Gasteiger partial charge on any atom is -0.493 e. The second-order valence-electron chi connectivity index (χ2n) is 8.41. The molecule has 0 aromatic heterocycles. The topological polar surface area (TPSA) is 51.2 Å². The van der Waals surface area contributed by atoms with Gasteiger partial charge in [-0.15, -0.1) is 0 Å². The first-order valence-electron chi connectivity index (χ1n) is 11.2. The predicted molar refractivity (Wildman–Crippen MR) is 127 cm³/mol. The molecule has 0 saturated carbocycles. The Morgan fingerprint density at radius 1 is 0.970 bits per heavy atom. The fourth-order valence-electron chi connectivity index (χ4n) is 4.76. The van der Waals surface area contributed by atoms with Crippen molar-refractivity contribution in [3.8, 4) is 17.2 Å². The van der Waals surface area contributed by atoms with Crippen molar-refractivity contribution in [3.63, 3.8) is 0 Å². The minimum atomic E-state index is -0.157. The van der Waals surface area contributed by atoms with Crippen molar-refractivity contribution in [3.05, 3.63) is 83.4 Å². The first kappa shape index (κ1) is 21.3. The molecule has 0 radical (unpaired) electrons. The van der Waals surface area contributed by atoms with Crippen molar-refractivity contribution in [1.82, 2.24) is 4.90 Å². The molecule has 0 fully saturated rings. The van der Waals surface area contributed by atoms with E-state index >= 15 is 0 Å². The van der Waals surface area contributed by atoms with Crippen molar-refractivity contribution < 1.29 is 19.0 Å². The number of methoxy groups -OCH3 is 2. The molecule has 2 aliphatic rings. The molecule has 2 aliphatic heterocycles. The van der Waals surface area contributed by atoms with Crippen LogP contribution >= 0.6 is 0 Å². The number of ether oxygens (including phenoxy) is 3. The van der Waals surface area contributed by atoms with Crippen LogP contribution in [0.3, 0.4) is 0 Å². The van der Waals surface area contributed by atoms with Crippen LogP contribution in [-0.4, -0.2) is 44.7 Å². The van der Waals surface area contributed by atoms with Gasteiger partial charge >= 0.3 is 0 Å². The first-order chi connectivity index (χ1) is 16.2. The zero-order valence-corrected chi connectivity index (χ0v) is 19.0. The lowest BCUT2D eigenvalue weighted by atomic mass is 9.98. The number of carbonyl (C=O) groups excluding carboxylic acids is 1. The largest absolute Gasteiger partial charge is 0.493 e. The Bertz CT molecular complexity index is 1150. The summed E-state index contributed by atoms with van der Waals surface area (Å²) >= 11 is 0. The molecule has 0 unspecified atom stereocenters. The van der Waals surface area contributed by atoms with E-state index < -0.39 is 0 Å². The Hall–Kier alpha value is -3.51. The van der Waals surface area contributed by atoms with E-state index in [2.05, 4.69) is 23.1 Å². The van der Waals surface area contributed by atoms with Crippen molar-refractivity contribution in [2.24, 2.45) is 0 Å². The van der Waals surface area contributed by atoms with Crippen molar-refractivity contribution >= 4 is 11.6 Å². The van der Waals surface area contributed by atoms with E-state index in [9.17, 15) is 4.79 Å². The molecule has 0 bridgehead atoms. The molecular weight excluding hydrogens is 416 g/mol. The summed E-state index contributed by atoms with van der Waals surface area (Å²) in [5, 5.41) is 0. The van der Waals surface area contributed by atoms with Crippen LogP contribution in [0.1, 0.15) is 22.7 Å². The van der Waals surface area contributed by atoms with E-state index in [0.29, 0.717) is 19.7 Å². The van der Waals surface area contributed by atoms with Gasteiger partial charge in [-0.05, 0) is 47.4 Å². The standard InChI is InChI=1S/C27H28N2O4/c1-31-25-14-20-12-13-28(16-21(20)15-26(25)32-2)17-27(30)29-22-10-6-7-11-24(22)33-18-23(29)19-8-4-3-5-9-19/h3-11,14-15,23H,12-13,16-18H2,1-2H3/t23-/m1/s1. The van der Waals surface area contributed by atoms with Gasteiger partial charge < -0.3 is 14.2 Å². The lowest BCUT2D eigenvalue weighted by molar-refractivity contribution is -0.120. The Labute approximate surface area is 194 Å². The van der Waals surface area contributed by atoms with E-state index in [1.165, 1.54) is 11.1 Å². The van der Waals surface area contributed by atoms with Crippen LogP contribution in [0.15, 0.2) is 66.7 Å². The summed E-state index contributed by atoms with van der Waals surface area (Å²) in [6.07, 6.45) is 0.866. The third-order valence-electron chi connectivity index (χ3n) is 6.44. The smallest absolute Gasteiger partial charge is 0.241 e. The number of fused-ring (bicyclic) bond motifs is 2. The molecule has 33 heavy (non-hydrogen) atoms. The number of rotatable bonds is 5. The third kappa shape index (κ3) is 4.14. The Balaban J connectivity index is 1.40. The number of hydrogen-bond donors (Lipinski definition) is 0. The molecule has 1 amide bonds. The zero-order chi connectivity index (χ0) is 22.8. The van der Waals surface area contributed by atoms with Gasteiger partial charge in [-0.1, -0.05) is 42.5 Å². The van der Waals surface area contributed by atoms with E-state index in [1.807, 2.05) is 53.4 Å². The second kappa shape index (κ2) is 9.16. The molecule has 5 rings (SSSR count). The number of nitrogens with zero attached hydrogens (tertiary/aromatic N) is 2. The highest BCUT2D eigenvalue weighted by Gasteiger charge is 2.34.